The molecule has 1 saturated heterocycles. The van der Waals surface area contributed by atoms with Gasteiger partial charge >= 0.3 is 0 Å². The third-order valence-electron chi connectivity index (χ3n) is 6.39. The van der Waals surface area contributed by atoms with Crippen LogP contribution in [0.3, 0.4) is 0 Å². The van der Waals surface area contributed by atoms with Crippen LogP contribution >= 0.6 is 0 Å². The second kappa shape index (κ2) is 13.1. The Bertz CT molecular complexity index is 1320. The zero-order chi connectivity index (χ0) is 26.9. The monoisotopic (exact) mass is 516 g/mol. The van der Waals surface area contributed by atoms with Crippen molar-refractivity contribution in [3.63, 3.8) is 0 Å². The van der Waals surface area contributed by atoms with Gasteiger partial charge in [0.2, 0.25) is 0 Å². The van der Waals surface area contributed by atoms with Crippen molar-refractivity contribution in [1.29, 1.82) is 0 Å². The molecule has 0 spiro atoms. The highest BCUT2D eigenvalue weighted by Crippen LogP contribution is 2.24. The van der Waals surface area contributed by atoms with Crippen molar-refractivity contribution in [2.24, 2.45) is 10.7 Å². The van der Waals surface area contributed by atoms with Crippen LogP contribution in [-0.4, -0.2) is 98.5 Å². The van der Waals surface area contributed by atoms with Crippen LogP contribution in [-0.2, 0) is 4.74 Å². The lowest BCUT2D eigenvalue weighted by Crippen LogP contribution is -2.39. The third-order valence-corrected chi connectivity index (χ3v) is 6.39. The van der Waals surface area contributed by atoms with E-state index in [1.807, 2.05) is 32.3 Å². The Morgan fingerprint density at radius 2 is 1.92 bits per heavy atom. The van der Waals surface area contributed by atoms with Crippen LogP contribution in [0.4, 0.5) is 11.6 Å². The zero-order valence-corrected chi connectivity index (χ0v) is 22.3. The number of rotatable bonds is 10. The molecule has 1 aliphatic heterocycles. The van der Waals surface area contributed by atoms with E-state index in [4.69, 9.17) is 10.5 Å². The van der Waals surface area contributed by atoms with Crippen LogP contribution in [0.1, 0.15) is 15.9 Å². The summed E-state index contributed by atoms with van der Waals surface area (Å²) in [5.41, 5.74) is 9.35. The molecule has 1 fully saturated rings. The van der Waals surface area contributed by atoms with Crippen molar-refractivity contribution in [2.75, 3.05) is 77.7 Å². The molecule has 2 aromatic heterocycles. The minimum atomic E-state index is -0.250. The van der Waals surface area contributed by atoms with Crippen LogP contribution < -0.4 is 16.4 Å². The van der Waals surface area contributed by atoms with Gasteiger partial charge in [-0.3, -0.25) is 14.7 Å². The van der Waals surface area contributed by atoms with Gasteiger partial charge in [0.15, 0.2) is 0 Å². The van der Waals surface area contributed by atoms with Crippen LogP contribution in [0.5, 0.6) is 0 Å². The number of nitrogens with two attached hydrogens (primary N) is 1. The molecule has 3 aromatic rings. The van der Waals surface area contributed by atoms with Gasteiger partial charge in [0.25, 0.3) is 5.91 Å². The molecule has 3 heterocycles. The second-order valence-corrected chi connectivity index (χ2v) is 9.38. The molecule has 10 heteroatoms. The van der Waals surface area contributed by atoms with E-state index in [1.54, 1.807) is 37.8 Å². The number of hydrogen-bond acceptors (Lipinski definition) is 9. The zero-order valence-electron chi connectivity index (χ0n) is 22.3. The maximum atomic E-state index is 13.0. The van der Waals surface area contributed by atoms with Crippen LogP contribution in [0, 0.1) is 0 Å². The highest BCUT2D eigenvalue weighted by molar-refractivity contribution is 6.25. The van der Waals surface area contributed by atoms with Crippen LogP contribution in [0.25, 0.3) is 16.3 Å². The molecule has 10 nitrogen and oxygen atoms in total. The fourth-order valence-electron chi connectivity index (χ4n) is 4.25. The first kappa shape index (κ1) is 27.2. The van der Waals surface area contributed by atoms with E-state index in [-0.39, 0.29) is 5.91 Å². The van der Waals surface area contributed by atoms with E-state index in [1.165, 1.54) is 0 Å². The summed E-state index contributed by atoms with van der Waals surface area (Å²) in [5.74, 6) is 0.872. The maximum Gasteiger partial charge on any atom is 0.257 e. The molecule has 0 aliphatic carbocycles. The number of aromatic nitrogens is 2. The number of nitrogens with one attached hydrogen (secondary N) is 2. The number of aliphatic imine (C=N–C) groups is 1. The Morgan fingerprint density at radius 1 is 1.11 bits per heavy atom. The first-order valence-electron chi connectivity index (χ1n) is 12.7. The van der Waals surface area contributed by atoms with Crippen molar-refractivity contribution in [3.8, 4) is 0 Å². The Balaban J connectivity index is 1.49. The van der Waals surface area contributed by atoms with Gasteiger partial charge in [-0.05, 0) is 49.3 Å². The molecule has 0 atom stereocenters. The SMILES string of the molecule is CN=C(CN1CCOCC1)C(=CN)c1ccc2cnc(NC(=O)c3ccnc(NCCN(C)C)c3)cc2c1. The van der Waals surface area contributed by atoms with Crippen LogP contribution in [0.15, 0.2) is 60.0 Å². The van der Waals surface area contributed by atoms with E-state index < -0.39 is 0 Å². The Morgan fingerprint density at radius 3 is 2.66 bits per heavy atom. The molecule has 0 radical (unpaired) electrons. The molecule has 0 bridgehead atoms. The van der Waals surface area contributed by atoms with E-state index in [0.717, 1.165) is 67.0 Å². The number of likely N-dealkylation sites (N-methyl/N-ethyl adjacent to an activating group) is 1. The average molecular weight is 517 g/mol. The van der Waals surface area contributed by atoms with Crippen molar-refractivity contribution in [2.45, 2.75) is 0 Å². The number of carbonyl (C=O) groups excluding carboxylic acids is 1. The highest BCUT2D eigenvalue weighted by Gasteiger charge is 2.17. The predicted molar refractivity (Wildman–Crippen MR) is 154 cm³/mol. The van der Waals surface area contributed by atoms with Crippen LogP contribution in [0.2, 0.25) is 0 Å². The standard InChI is InChI=1S/C28H36N8O2/c1-30-25(19-36-10-12-38-13-11-36)24(17-29)20-4-5-22-18-33-27(16-23(22)14-20)34-28(37)21-6-7-31-26(15-21)32-8-9-35(2)3/h4-7,14-18H,8-13,19,29H2,1-3H3,(H,31,32)(H,33,34,37). The first-order chi connectivity index (χ1) is 18.5. The van der Waals surface area contributed by atoms with E-state index in [0.29, 0.717) is 23.7 Å². The number of anilines is 2. The van der Waals surface area contributed by atoms with Crippen molar-refractivity contribution < 1.29 is 9.53 Å². The average Bonchev–Trinajstić information content (AvgIpc) is 2.93. The van der Waals surface area contributed by atoms with E-state index >= 15 is 0 Å². The Hall–Kier alpha value is -3.86. The number of fused-ring (bicyclic) bond motifs is 1. The molecule has 4 N–H and O–H groups in total. The summed E-state index contributed by atoms with van der Waals surface area (Å²) >= 11 is 0. The molecule has 4 rings (SSSR count). The molecular formula is C28H36N8O2. The fraction of sp³-hybridized carbons (Fsp3) is 0.357. The minimum absolute atomic E-state index is 0.250. The van der Waals surface area contributed by atoms with Gasteiger partial charge in [0, 0.05) is 74.9 Å². The molecule has 200 valence electrons. The Kier molecular flexibility index (Phi) is 9.36. The maximum absolute atomic E-state index is 13.0. The summed E-state index contributed by atoms with van der Waals surface area (Å²) < 4.78 is 5.47. The van der Waals surface area contributed by atoms with Gasteiger partial charge in [-0.1, -0.05) is 12.1 Å². The Labute approximate surface area is 223 Å². The van der Waals surface area contributed by atoms with Crippen molar-refractivity contribution in [1.82, 2.24) is 19.8 Å². The summed E-state index contributed by atoms with van der Waals surface area (Å²) in [5, 5.41) is 8.05. The number of nitrogens with zero attached hydrogens (tertiary/aromatic N) is 5. The number of amides is 1. The van der Waals surface area contributed by atoms with Gasteiger partial charge in [0.05, 0.1) is 18.9 Å². The predicted octanol–water partition coefficient (Wildman–Crippen LogP) is 2.56. The van der Waals surface area contributed by atoms with E-state index in [2.05, 4.69) is 41.5 Å². The molecular weight excluding hydrogens is 480 g/mol. The summed E-state index contributed by atoms with van der Waals surface area (Å²) in [6.07, 6.45) is 4.99. The molecule has 38 heavy (non-hydrogen) atoms. The first-order valence-corrected chi connectivity index (χ1v) is 12.7. The van der Waals surface area contributed by atoms with Gasteiger partial charge in [-0.2, -0.15) is 0 Å². The van der Waals surface area contributed by atoms with Gasteiger partial charge in [-0.15, -0.1) is 0 Å². The van der Waals surface area contributed by atoms with Crippen molar-refractivity contribution in [3.05, 3.63) is 66.1 Å². The number of hydrogen-bond donors (Lipinski definition) is 3. The molecule has 1 amide bonds. The summed E-state index contributed by atoms with van der Waals surface area (Å²) in [6, 6.07) is 11.4. The summed E-state index contributed by atoms with van der Waals surface area (Å²) in [4.78, 5) is 30.6. The molecule has 1 aliphatic rings. The lowest BCUT2D eigenvalue weighted by molar-refractivity contribution is 0.0454. The van der Waals surface area contributed by atoms with Gasteiger partial charge in [0.1, 0.15) is 11.6 Å². The number of benzene rings is 1. The third kappa shape index (κ3) is 7.12. The lowest BCUT2D eigenvalue weighted by Gasteiger charge is -2.27. The topological polar surface area (TPSA) is 121 Å². The van der Waals surface area contributed by atoms with Gasteiger partial charge < -0.3 is 26.0 Å². The molecule has 0 saturated carbocycles. The van der Waals surface area contributed by atoms with Gasteiger partial charge in [-0.25, -0.2) is 9.97 Å². The number of pyridine rings is 2. The normalized spacial score (nSPS) is 15.2. The molecule has 0 unspecified atom stereocenters. The number of carbonyl (C=O) groups is 1. The highest BCUT2D eigenvalue weighted by atomic mass is 16.5. The van der Waals surface area contributed by atoms with Crippen molar-refractivity contribution >= 4 is 39.6 Å². The minimum Gasteiger partial charge on any atom is -0.404 e. The smallest absolute Gasteiger partial charge is 0.257 e. The fourth-order valence-corrected chi connectivity index (χ4v) is 4.25. The molecule has 1 aromatic carbocycles. The quantitative estimate of drug-likeness (QED) is 0.352. The number of ether oxygens (including phenoxy) is 1. The largest absolute Gasteiger partial charge is 0.404 e. The lowest BCUT2D eigenvalue weighted by atomic mass is 9.98. The summed E-state index contributed by atoms with van der Waals surface area (Å²) in [7, 11) is 5.81. The number of morpholine rings is 1. The second-order valence-electron chi connectivity index (χ2n) is 9.38. The van der Waals surface area contributed by atoms with E-state index in [9.17, 15) is 4.79 Å². The summed E-state index contributed by atoms with van der Waals surface area (Å²) in [6.45, 7) is 5.49.